The summed E-state index contributed by atoms with van der Waals surface area (Å²) < 4.78 is 33.4. The molecular formula is C20H22F2N4O. The van der Waals surface area contributed by atoms with Crippen LogP contribution in [-0.2, 0) is 11.2 Å². The Morgan fingerprint density at radius 2 is 2.11 bits per heavy atom. The van der Waals surface area contributed by atoms with Crippen molar-refractivity contribution in [1.29, 1.82) is 0 Å². The molecule has 1 N–H and O–H groups in total. The Kier molecular flexibility index (Phi) is 4.65. The molecule has 0 fully saturated rings. The normalized spacial score (nSPS) is 18.0. The van der Waals surface area contributed by atoms with Crippen LogP contribution >= 0.6 is 0 Å². The van der Waals surface area contributed by atoms with Gasteiger partial charge in [-0.25, -0.2) is 8.78 Å². The molecule has 3 heterocycles. The van der Waals surface area contributed by atoms with Crippen LogP contribution in [0.2, 0.25) is 0 Å². The second-order valence-electron chi connectivity index (χ2n) is 7.14. The van der Waals surface area contributed by atoms with Gasteiger partial charge in [0.25, 0.3) is 5.92 Å². The second-order valence-corrected chi connectivity index (χ2v) is 7.14. The maximum absolute atomic E-state index is 14.3. The Labute approximate surface area is 156 Å². The smallest absolute Gasteiger partial charge is 0.283 e. The molecule has 1 aliphatic rings. The fourth-order valence-corrected chi connectivity index (χ4v) is 3.92. The van der Waals surface area contributed by atoms with Gasteiger partial charge in [0.2, 0.25) is 0 Å². The van der Waals surface area contributed by atoms with Gasteiger partial charge in [-0.1, -0.05) is 12.1 Å². The van der Waals surface area contributed by atoms with E-state index < -0.39 is 12.5 Å². The van der Waals surface area contributed by atoms with Gasteiger partial charge in [-0.2, -0.15) is 5.10 Å². The Hall–Kier alpha value is -2.38. The maximum atomic E-state index is 14.3. The standard InChI is InChI=1S/C20H22F2N4O/c1-13-3-5-18(23-9-13)19-15-4-6-17-16(10-24-25-17)14(15)7-8-26(19)11-20(21,22)12-27-2/h3-6,9-10,19H,7-8,11-12H2,1-2H3,(H,24,25). The Morgan fingerprint density at radius 3 is 2.85 bits per heavy atom. The Morgan fingerprint density at radius 1 is 1.26 bits per heavy atom. The first-order valence-electron chi connectivity index (χ1n) is 8.97. The third-order valence-corrected chi connectivity index (χ3v) is 5.09. The van der Waals surface area contributed by atoms with Crippen molar-refractivity contribution in [3.05, 3.63) is 59.0 Å². The van der Waals surface area contributed by atoms with E-state index in [0.29, 0.717) is 13.0 Å². The van der Waals surface area contributed by atoms with E-state index in [1.54, 1.807) is 6.20 Å². The van der Waals surface area contributed by atoms with E-state index in [4.69, 9.17) is 4.74 Å². The number of methoxy groups -OCH3 is 1. The van der Waals surface area contributed by atoms with Crippen LogP contribution in [0.15, 0.2) is 36.7 Å². The molecule has 0 aliphatic carbocycles. The highest BCUT2D eigenvalue weighted by Crippen LogP contribution is 2.38. The summed E-state index contributed by atoms with van der Waals surface area (Å²) in [6, 6.07) is 7.53. The molecule has 1 aromatic carbocycles. The molecule has 0 bridgehead atoms. The van der Waals surface area contributed by atoms with Gasteiger partial charge in [-0.15, -0.1) is 0 Å². The van der Waals surface area contributed by atoms with Crippen molar-refractivity contribution in [3.63, 3.8) is 0 Å². The second kappa shape index (κ2) is 6.98. The van der Waals surface area contributed by atoms with E-state index >= 15 is 0 Å². The van der Waals surface area contributed by atoms with Crippen molar-refractivity contribution in [2.75, 3.05) is 26.8 Å². The highest BCUT2D eigenvalue weighted by molar-refractivity contribution is 5.83. The lowest BCUT2D eigenvalue weighted by molar-refractivity contribution is -0.0895. The van der Waals surface area contributed by atoms with Gasteiger partial charge in [0, 0.05) is 25.2 Å². The average Bonchev–Trinajstić information content (AvgIpc) is 3.11. The molecule has 7 heteroatoms. The molecule has 0 radical (unpaired) electrons. The Balaban J connectivity index is 1.79. The lowest BCUT2D eigenvalue weighted by atomic mass is 9.88. The summed E-state index contributed by atoms with van der Waals surface area (Å²) in [5.41, 5.74) is 4.94. The zero-order chi connectivity index (χ0) is 19.0. The van der Waals surface area contributed by atoms with Crippen molar-refractivity contribution in [3.8, 4) is 0 Å². The zero-order valence-corrected chi connectivity index (χ0v) is 15.4. The molecule has 0 amide bonds. The molecule has 1 atom stereocenters. The van der Waals surface area contributed by atoms with Crippen molar-refractivity contribution in [1.82, 2.24) is 20.1 Å². The summed E-state index contributed by atoms with van der Waals surface area (Å²) in [5.74, 6) is -2.92. The molecule has 5 nitrogen and oxygen atoms in total. The van der Waals surface area contributed by atoms with E-state index in [-0.39, 0.29) is 12.6 Å². The lowest BCUT2D eigenvalue weighted by Crippen LogP contribution is -2.45. The summed E-state index contributed by atoms with van der Waals surface area (Å²) >= 11 is 0. The first-order chi connectivity index (χ1) is 13.0. The van der Waals surface area contributed by atoms with E-state index in [1.807, 2.05) is 42.3 Å². The number of rotatable bonds is 5. The maximum Gasteiger partial charge on any atom is 0.283 e. The number of benzene rings is 1. The highest BCUT2D eigenvalue weighted by Gasteiger charge is 2.38. The number of fused-ring (bicyclic) bond motifs is 3. The minimum atomic E-state index is -2.92. The number of aromatic amines is 1. The molecular weight excluding hydrogens is 350 g/mol. The van der Waals surface area contributed by atoms with Crippen molar-refractivity contribution in [2.24, 2.45) is 0 Å². The van der Waals surface area contributed by atoms with E-state index in [0.717, 1.165) is 33.3 Å². The number of nitrogens with zero attached hydrogens (tertiary/aromatic N) is 3. The molecule has 0 saturated heterocycles. The van der Waals surface area contributed by atoms with Crippen LogP contribution in [0.5, 0.6) is 0 Å². The molecule has 3 aromatic rings. The minimum absolute atomic E-state index is 0.323. The number of aromatic nitrogens is 3. The molecule has 2 aromatic heterocycles. The first-order valence-corrected chi connectivity index (χ1v) is 8.97. The Bertz CT molecular complexity index is 939. The predicted molar refractivity (Wildman–Crippen MR) is 99.0 cm³/mol. The van der Waals surface area contributed by atoms with Crippen LogP contribution in [0.1, 0.15) is 28.4 Å². The minimum Gasteiger partial charge on any atom is -0.378 e. The largest absolute Gasteiger partial charge is 0.378 e. The number of hydrogen-bond acceptors (Lipinski definition) is 4. The molecule has 0 spiro atoms. The molecule has 0 saturated carbocycles. The fourth-order valence-electron chi connectivity index (χ4n) is 3.92. The fraction of sp³-hybridized carbons (Fsp3) is 0.400. The highest BCUT2D eigenvalue weighted by atomic mass is 19.3. The van der Waals surface area contributed by atoms with E-state index in [2.05, 4.69) is 15.2 Å². The summed E-state index contributed by atoms with van der Waals surface area (Å²) in [7, 11) is 1.30. The average molecular weight is 372 g/mol. The quantitative estimate of drug-likeness (QED) is 0.745. The summed E-state index contributed by atoms with van der Waals surface area (Å²) in [6.07, 6.45) is 4.28. The number of pyridine rings is 1. The van der Waals surface area contributed by atoms with Crippen LogP contribution in [0.4, 0.5) is 8.78 Å². The molecule has 1 unspecified atom stereocenters. The number of ether oxygens (including phenoxy) is 1. The monoisotopic (exact) mass is 372 g/mol. The topological polar surface area (TPSA) is 54.0 Å². The number of nitrogens with one attached hydrogen (secondary N) is 1. The number of alkyl halides is 2. The van der Waals surface area contributed by atoms with Crippen molar-refractivity contribution < 1.29 is 13.5 Å². The van der Waals surface area contributed by atoms with Gasteiger partial charge < -0.3 is 4.74 Å². The van der Waals surface area contributed by atoms with Crippen LogP contribution in [0.25, 0.3) is 10.9 Å². The van der Waals surface area contributed by atoms with Crippen molar-refractivity contribution in [2.45, 2.75) is 25.3 Å². The summed E-state index contributed by atoms with van der Waals surface area (Å²) in [5, 5.41) is 8.16. The molecule has 27 heavy (non-hydrogen) atoms. The van der Waals surface area contributed by atoms with Crippen LogP contribution < -0.4 is 0 Å². The zero-order valence-electron chi connectivity index (χ0n) is 15.4. The van der Waals surface area contributed by atoms with Gasteiger partial charge in [0.05, 0.1) is 30.0 Å². The van der Waals surface area contributed by atoms with Gasteiger partial charge in [-0.3, -0.25) is 15.0 Å². The molecule has 4 rings (SSSR count). The predicted octanol–water partition coefficient (Wildman–Crippen LogP) is 3.50. The van der Waals surface area contributed by atoms with Gasteiger partial charge in [-0.05, 0) is 42.2 Å². The molecule has 1 aliphatic heterocycles. The van der Waals surface area contributed by atoms with Crippen LogP contribution in [0.3, 0.4) is 0 Å². The SMILES string of the molecule is COCC(F)(F)CN1CCc2c(ccc3[nH]ncc23)C1c1ccc(C)cn1. The summed E-state index contributed by atoms with van der Waals surface area (Å²) in [6.45, 7) is 1.52. The van der Waals surface area contributed by atoms with Crippen LogP contribution in [0, 0.1) is 6.92 Å². The lowest BCUT2D eigenvalue weighted by Gasteiger charge is -2.38. The van der Waals surface area contributed by atoms with Crippen LogP contribution in [-0.4, -0.2) is 52.8 Å². The third-order valence-electron chi connectivity index (χ3n) is 5.09. The van der Waals surface area contributed by atoms with Crippen molar-refractivity contribution >= 4 is 10.9 Å². The third kappa shape index (κ3) is 3.44. The van der Waals surface area contributed by atoms with E-state index in [1.165, 1.54) is 7.11 Å². The summed E-state index contributed by atoms with van der Waals surface area (Å²) in [4.78, 5) is 6.36. The molecule has 142 valence electrons. The first kappa shape index (κ1) is 18.0. The van der Waals surface area contributed by atoms with Gasteiger partial charge in [0.1, 0.15) is 6.61 Å². The number of halogens is 2. The number of aryl methyl sites for hydroxylation is 1. The van der Waals surface area contributed by atoms with Gasteiger partial charge >= 0.3 is 0 Å². The number of hydrogen-bond donors (Lipinski definition) is 1. The van der Waals surface area contributed by atoms with E-state index in [9.17, 15) is 8.78 Å². The number of H-pyrrole nitrogens is 1. The van der Waals surface area contributed by atoms with Gasteiger partial charge in [0.15, 0.2) is 0 Å².